The number of rotatable bonds is 10. The first-order valence-corrected chi connectivity index (χ1v) is 7.71. The number of nitro groups is 1. The van der Waals surface area contributed by atoms with E-state index in [-0.39, 0.29) is 25.3 Å². The molecule has 10 nitrogen and oxygen atoms in total. The summed E-state index contributed by atoms with van der Waals surface area (Å²) in [6.45, 7) is 1.36. The van der Waals surface area contributed by atoms with Crippen molar-refractivity contribution < 1.29 is 33.9 Å². The molecule has 1 aromatic rings. The standard InChI is InChI=1S/C16H20N2O8/c1-3-26-14(20)8-12(10-4-6-11(7-5-10)18(23)24)15(16(21)22)17-13(19)9-25-2/h4-7,12,15H,3,8-9H2,1-2H3,(H,17,19)(H,21,22)/t12-,15-/m0/s1. The number of amides is 1. The number of carbonyl (C=O) groups is 3. The summed E-state index contributed by atoms with van der Waals surface area (Å²) < 4.78 is 9.52. The van der Waals surface area contributed by atoms with Gasteiger partial charge in [-0.1, -0.05) is 12.1 Å². The van der Waals surface area contributed by atoms with Crippen LogP contribution < -0.4 is 5.32 Å². The Morgan fingerprint density at radius 2 is 1.88 bits per heavy atom. The van der Waals surface area contributed by atoms with E-state index in [4.69, 9.17) is 4.74 Å². The van der Waals surface area contributed by atoms with Crippen molar-refractivity contribution in [3.8, 4) is 0 Å². The summed E-state index contributed by atoms with van der Waals surface area (Å²) in [7, 11) is 1.28. The van der Waals surface area contributed by atoms with Gasteiger partial charge in [0.15, 0.2) is 0 Å². The number of hydrogen-bond donors (Lipinski definition) is 2. The van der Waals surface area contributed by atoms with Crippen LogP contribution in [0, 0.1) is 10.1 Å². The average Bonchev–Trinajstić information content (AvgIpc) is 2.58. The van der Waals surface area contributed by atoms with E-state index in [0.717, 1.165) is 0 Å². The minimum Gasteiger partial charge on any atom is -0.480 e. The molecular weight excluding hydrogens is 348 g/mol. The van der Waals surface area contributed by atoms with Crippen LogP contribution in [-0.4, -0.2) is 54.2 Å². The molecule has 1 aromatic carbocycles. The van der Waals surface area contributed by atoms with Crippen molar-refractivity contribution in [2.45, 2.75) is 25.3 Å². The minimum absolute atomic E-state index is 0.111. The Balaban J connectivity index is 3.18. The molecule has 0 aliphatic carbocycles. The molecular formula is C16H20N2O8. The SMILES string of the molecule is CCOC(=O)C[C@@H](c1ccc([N+](=O)[O-])cc1)[C@H](NC(=O)COC)C(=O)O. The predicted molar refractivity (Wildman–Crippen MR) is 88.5 cm³/mol. The topological polar surface area (TPSA) is 145 Å². The molecule has 2 N–H and O–H groups in total. The van der Waals surface area contributed by atoms with Crippen molar-refractivity contribution >= 4 is 23.5 Å². The van der Waals surface area contributed by atoms with Crippen LogP contribution in [0.4, 0.5) is 5.69 Å². The first-order valence-electron chi connectivity index (χ1n) is 7.71. The molecule has 0 unspecified atom stereocenters. The number of hydrogen-bond acceptors (Lipinski definition) is 7. The van der Waals surface area contributed by atoms with Gasteiger partial charge in [-0.25, -0.2) is 4.79 Å². The number of non-ortho nitro benzene ring substituents is 1. The van der Waals surface area contributed by atoms with Crippen LogP contribution in [0.5, 0.6) is 0 Å². The maximum atomic E-state index is 11.9. The van der Waals surface area contributed by atoms with Gasteiger partial charge < -0.3 is 19.9 Å². The molecule has 0 bridgehead atoms. The first-order chi connectivity index (χ1) is 12.3. The van der Waals surface area contributed by atoms with Gasteiger partial charge in [0.05, 0.1) is 18.0 Å². The Hall–Kier alpha value is -3.01. The first kappa shape index (κ1) is 21.0. The lowest BCUT2D eigenvalue weighted by molar-refractivity contribution is -0.384. The normalized spacial score (nSPS) is 12.7. The van der Waals surface area contributed by atoms with E-state index in [1.165, 1.54) is 31.4 Å². The molecule has 10 heteroatoms. The van der Waals surface area contributed by atoms with Crippen LogP contribution in [0.3, 0.4) is 0 Å². The Kier molecular flexibility index (Phi) is 8.16. The second kappa shape index (κ2) is 10.1. The van der Waals surface area contributed by atoms with Crippen LogP contribution in [-0.2, 0) is 23.9 Å². The Morgan fingerprint density at radius 1 is 1.27 bits per heavy atom. The zero-order chi connectivity index (χ0) is 19.7. The molecule has 0 aliphatic heterocycles. The van der Waals surface area contributed by atoms with Crippen molar-refractivity contribution in [2.75, 3.05) is 20.3 Å². The van der Waals surface area contributed by atoms with Crippen molar-refractivity contribution in [2.24, 2.45) is 0 Å². The van der Waals surface area contributed by atoms with E-state index in [1.807, 2.05) is 0 Å². The molecule has 0 saturated heterocycles. The molecule has 1 amide bonds. The summed E-state index contributed by atoms with van der Waals surface area (Å²) in [5, 5.41) is 22.6. The third-order valence-electron chi connectivity index (χ3n) is 3.48. The predicted octanol–water partition coefficient (Wildman–Crippen LogP) is 0.847. The van der Waals surface area contributed by atoms with Gasteiger partial charge in [-0.3, -0.25) is 19.7 Å². The molecule has 0 fully saturated rings. The van der Waals surface area contributed by atoms with Crippen molar-refractivity contribution in [3.05, 3.63) is 39.9 Å². The zero-order valence-corrected chi connectivity index (χ0v) is 14.3. The summed E-state index contributed by atoms with van der Waals surface area (Å²) in [6, 6.07) is 3.65. The highest BCUT2D eigenvalue weighted by molar-refractivity contribution is 5.86. The maximum Gasteiger partial charge on any atom is 0.326 e. The lowest BCUT2D eigenvalue weighted by Crippen LogP contribution is -2.46. The molecule has 142 valence electrons. The number of nitro benzene ring substituents is 1. The van der Waals surface area contributed by atoms with E-state index in [0.29, 0.717) is 5.56 Å². The average molecular weight is 368 g/mol. The van der Waals surface area contributed by atoms with E-state index < -0.39 is 34.7 Å². The molecule has 0 heterocycles. The van der Waals surface area contributed by atoms with E-state index in [9.17, 15) is 29.6 Å². The second-order valence-corrected chi connectivity index (χ2v) is 5.28. The van der Waals surface area contributed by atoms with Gasteiger partial charge in [-0.15, -0.1) is 0 Å². The van der Waals surface area contributed by atoms with Gasteiger partial charge in [-0.2, -0.15) is 0 Å². The van der Waals surface area contributed by atoms with Crippen LogP contribution >= 0.6 is 0 Å². The van der Waals surface area contributed by atoms with Crippen molar-refractivity contribution in [3.63, 3.8) is 0 Å². The smallest absolute Gasteiger partial charge is 0.326 e. The number of benzene rings is 1. The number of esters is 1. The number of carboxylic acid groups (broad SMARTS) is 1. The highest BCUT2D eigenvalue weighted by Gasteiger charge is 2.33. The Morgan fingerprint density at radius 3 is 2.35 bits per heavy atom. The molecule has 26 heavy (non-hydrogen) atoms. The number of nitrogens with zero attached hydrogens (tertiary/aromatic N) is 1. The fourth-order valence-electron chi connectivity index (χ4n) is 2.35. The summed E-state index contributed by atoms with van der Waals surface area (Å²) in [5.74, 6) is -3.66. The molecule has 0 aliphatic rings. The van der Waals surface area contributed by atoms with E-state index in [2.05, 4.69) is 10.1 Å². The van der Waals surface area contributed by atoms with Gasteiger partial charge in [-0.05, 0) is 12.5 Å². The monoisotopic (exact) mass is 368 g/mol. The van der Waals surface area contributed by atoms with Gasteiger partial charge in [0.25, 0.3) is 5.69 Å². The zero-order valence-electron chi connectivity index (χ0n) is 14.3. The third kappa shape index (κ3) is 6.13. The number of ether oxygens (including phenoxy) is 2. The third-order valence-corrected chi connectivity index (χ3v) is 3.48. The number of carboxylic acids is 1. The van der Waals surface area contributed by atoms with E-state index in [1.54, 1.807) is 6.92 Å². The molecule has 0 saturated carbocycles. The number of methoxy groups -OCH3 is 1. The minimum atomic E-state index is -1.44. The van der Waals surface area contributed by atoms with Crippen LogP contribution in [0.25, 0.3) is 0 Å². The number of nitrogens with one attached hydrogen (secondary N) is 1. The van der Waals surface area contributed by atoms with Gasteiger partial charge in [0, 0.05) is 25.2 Å². The van der Waals surface area contributed by atoms with Gasteiger partial charge in [0.2, 0.25) is 5.91 Å². The van der Waals surface area contributed by atoms with Crippen LogP contribution in [0.2, 0.25) is 0 Å². The van der Waals surface area contributed by atoms with Crippen LogP contribution in [0.1, 0.15) is 24.8 Å². The second-order valence-electron chi connectivity index (χ2n) is 5.28. The Labute approximate surface area is 149 Å². The summed E-state index contributed by atoms with van der Waals surface area (Å²) in [6.07, 6.45) is -0.324. The lowest BCUT2D eigenvalue weighted by Gasteiger charge is -2.24. The van der Waals surface area contributed by atoms with Crippen molar-refractivity contribution in [1.82, 2.24) is 5.32 Å². The summed E-state index contributed by atoms with van der Waals surface area (Å²) >= 11 is 0. The summed E-state index contributed by atoms with van der Waals surface area (Å²) in [4.78, 5) is 45.4. The maximum absolute atomic E-state index is 11.9. The number of carbonyl (C=O) groups excluding carboxylic acids is 2. The molecule has 2 atom stereocenters. The lowest BCUT2D eigenvalue weighted by atomic mass is 9.88. The molecule has 0 radical (unpaired) electrons. The van der Waals surface area contributed by atoms with Gasteiger partial charge >= 0.3 is 11.9 Å². The largest absolute Gasteiger partial charge is 0.480 e. The highest BCUT2D eigenvalue weighted by atomic mass is 16.6. The number of aliphatic carboxylic acids is 1. The molecule has 1 rings (SSSR count). The van der Waals surface area contributed by atoms with Crippen LogP contribution in [0.15, 0.2) is 24.3 Å². The molecule has 0 spiro atoms. The fourth-order valence-corrected chi connectivity index (χ4v) is 2.35. The highest BCUT2D eigenvalue weighted by Crippen LogP contribution is 2.27. The quantitative estimate of drug-likeness (QED) is 0.351. The van der Waals surface area contributed by atoms with E-state index >= 15 is 0 Å². The Bertz CT molecular complexity index is 659. The van der Waals surface area contributed by atoms with Crippen molar-refractivity contribution in [1.29, 1.82) is 0 Å². The van der Waals surface area contributed by atoms with Gasteiger partial charge in [0.1, 0.15) is 12.6 Å². The fraction of sp³-hybridized carbons (Fsp3) is 0.438. The molecule has 0 aromatic heterocycles. The summed E-state index contributed by atoms with van der Waals surface area (Å²) in [5.41, 5.74) is 0.160.